The molecule has 2 aromatic heterocycles. The lowest BCUT2D eigenvalue weighted by Gasteiger charge is -1.83. The lowest BCUT2D eigenvalue weighted by atomic mass is 10.4. The van der Waals surface area contributed by atoms with Crippen molar-refractivity contribution in [3.8, 4) is 0 Å². The van der Waals surface area contributed by atoms with Crippen LogP contribution in [0.1, 0.15) is 0 Å². The van der Waals surface area contributed by atoms with Gasteiger partial charge < -0.3 is 0 Å². The highest BCUT2D eigenvalue weighted by Gasteiger charge is 1.91. The number of rotatable bonds is 0. The van der Waals surface area contributed by atoms with E-state index >= 15 is 0 Å². The van der Waals surface area contributed by atoms with E-state index in [0.717, 1.165) is 0 Å². The molecular weight excluding hydrogens is 182 g/mol. The van der Waals surface area contributed by atoms with Crippen molar-refractivity contribution in [3.05, 3.63) is 30.5 Å². The molecule has 7 heteroatoms. The van der Waals surface area contributed by atoms with Crippen molar-refractivity contribution in [1.29, 1.82) is 0 Å². The Bertz CT molecular complexity index is 439. The number of hydrogen-bond donors (Lipinski definition) is 0. The summed E-state index contributed by atoms with van der Waals surface area (Å²) in [5.41, 5.74) is 0.800. The van der Waals surface area contributed by atoms with Crippen LogP contribution in [0.3, 0.4) is 0 Å². The van der Waals surface area contributed by atoms with Crippen LogP contribution in [0.5, 0.6) is 0 Å². The first-order chi connectivity index (χ1) is 6.97. The lowest BCUT2D eigenvalue weighted by molar-refractivity contribution is 0.778. The average Bonchev–Trinajstić information content (AvgIpc) is 2.25. The zero-order valence-electron chi connectivity index (χ0n) is 7.02. The van der Waals surface area contributed by atoms with Crippen LogP contribution >= 0.6 is 0 Å². The van der Waals surface area contributed by atoms with Crippen LogP contribution in [0.4, 0.5) is 0 Å². The molecule has 0 amide bonds. The van der Waals surface area contributed by atoms with Gasteiger partial charge in [0.15, 0.2) is 0 Å². The summed E-state index contributed by atoms with van der Waals surface area (Å²) >= 11 is 0. The highest BCUT2D eigenvalue weighted by atomic mass is 15.4. The smallest absolute Gasteiger partial charge is 0.139 e. The first-order valence-electron chi connectivity index (χ1n) is 3.80. The van der Waals surface area contributed by atoms with Gasteiger partial charge in [-0.15, -0.1) is 20.4 Å². The quantitative estimate of drug-likeness (QED) is 0.560. The minimum absolute atomic E-state index is 0.295. The van der Waals surface area contributed by atoms with E-state index in [0.29, 0.717) is 11.2 Å². The van der Waals surface area contributed by atoms with Gasteiger partial charge in [0.05, 0.1) is 6.20 Å². The van der Waals surface area contributed by atoms with Gasteiger partial charge >= 0.3 is 0 Å². The molecule has 0 bridgehead atoms. The summed E-state index contributed by atoms with van der Waals surface area (Å²) in [6, 6.07) is 7.01. The third-order valence-electron chi connectivity index (χ3n) is 1.38. The second-order valence-electron chi connectivity index (χ2n) is 2.29. The molecule has 0 radical (unpaired) electrons. The maximum absolute atomic E-state index is 3.74. The van der Waals surface area contributed by atoms with Gasteiger partial charge in [0, 0.05) is 0 Å². The topological polar surface area (TPSA) is 90.2 Å². The summed E-state index contributed by atoms with van der Waals surface area (Å²) in [5, 5.41) is 25.0. The fourth-order valence-electron chi connectivity index (χ4n) is 0.803. The van der Waals surface area contributed by atoms with E-state index in [1.807, 2.05) is 0 Å². The number of nitrogens with zero attached hydrogens (tertiary/aromatic N) is 7. The second-order valence-corrected chi connectivity index (χ2v) is 2.29. The molecule has 14 heavy (non-hydrogen) atoms. The van der Waals surface area contributed by atoms with E-state index in [2.05, 4.69) is 36.0 Å². The zero-order valence-corrected chi connectivity index (χ0v) is 7.02. The van der Waals surface area contributed by atoms with Crippen LogP contribution in [0, 0.1) is 0 Å². The van der Waals surface area contributed by atoms with Gasteiger partial charge in [-0.25, -0.2) is 0 Å². The molecule has 0 saturated heterocycles. The monoisotopic (exact) mass is 187 g/mol. The predicted molar refractivity (Wildman–Crippen MR) is 46.1 cm³/mol. The molecule has 0 saturated carbocycles. The molecular formula is C7H5N7. The average molecular weight is 187 g/mol. The summed E-state index contributed by atoms with van der Waals surface area (Å²) in [6.07, 6.45) is 1.51. The third-order valence-corrected chi connectivity index (χ3v) is 1.38. The highest BCUT2D eigenvalue weighted by molar-refractivity contribution is 5.65. The van der Waals surface area contributed by atoms with E-state index in [1.165, 1.54) is 6.20 Å². The third kappa shape index (κ3) is 1.89. The predicted octanol–water partition coefficient (Wildman–Crippen LogP) is -0.271. The van der Waals surface area contributed by atoms with Crippen molar-refractivity contribution >= 4 is 11.2 Å². The summed E-state index contributed by atoms with van der Waals surface area (Å²) in [6.45, 7) is 0. The molecule has 2 aromatic rings. The van der Waals surface area contributed by atoms with Crippen LogP contribution in [0.15, 0.2) is 30.5 Å². The number of hydrogen-bond acceptors (Lipinski definition) is 7. The Morgan fingerprint density at radius 2 is 1.64 bits per heavy atom. The zero-order chi connectivity index (χ0) is 9.64. The molecule has 0 N–H and O–H groups in total. The fourth-order valence-corrected chi connectivity index (χ4v) is 0.803. The van der Waals surface area contributed by atoms with E-state index in [4.69, 9.17) is 0 Å². The molecule has 0 aliphatic heterocycles. The highest BCUT2D eigenvalue weighted by Crippen LogP contribution is 1.94. The lowest BCUT2D eigenvalue weighted by Crippen LogP contribution is -1.93. The van der Waals surface area contributed by atoms with E-state index < -0.39 is 0 Å². The molecule has 0 aromatic carbocycles. The molecule has 0 spiro atoms. The normalized spacial score (nSPS) is 9.43. The summed E-state index contributed by atoms with van der Waals surface area (Å²) in [7, 11) is 0. The maximum atomic E-state index is 3.74. The van der Waals surface area contributed by atoms with Crippen LogP contribution in [0.25, 0.3) is 11.2 Å². The van der Waals surface area contributed by atoms with E-state index in [9.17, 15) is 0 Å². The van der Waals surface area contributed by atoms with Gasteiger partial charge in [0.25, 0.3) is 0 Å². The standard InChI is InChI=1S/C7H5N7/c1-2-4-6-7(11-14-13-9-6)10-12-8-5-3-1/h1-5H. The Morgan fingerprint density at radius 1 is 0.786 bits per heavy atom. The summed E-state index contributed by atoms with van der Waals surface area (Å²) < 4.78 is 0. The van der Waals surface area contributed by atoms with Crippen molar-refractivity contribution in [2.75, 3.05) is 0 Å². The second kappa shape index (κ2) is 4.08. The van der Waals surface area contributed by atoms with Crippen molar-refractivity contribution < 1.29 is 0 Å². The molecule has 2 heterocycles. The van der Waals surface area contributed by atoms with Gasteiger partial charge in [-0.2, -0.15) is 0 Å². The molecule has 7 nitrogen and oxygen atoms in total. The minimum atomic E-state index is 0.295. The largest absolute Gasteiger partial charge is 0.227 e. The Balaban J connectivity index is 2.76. The van der Waals surface area contributed by atoms with Crippen LogP contribution in [-0.4, -0.2) is 36.0 Å². The molecule has 0 aliphatic rings. The number of fused-ring (bicyclic) bond motifs is 1. The van der Waals surface area contributed by atoms with Crippen molar-refractivity contribution in [2.45, 2.75) is 0 Å². The Labute approximate surface area is 78.5 Å². The SMILES string of the molecule is c1ccnnnc2nnnnc2cc1. The van der Waals surface area contributed by atoms with Gasteiger partial charge in [-0.3, -0.25) is 0 Å². The molecule has 0 aliphatic carbocycles. The fraction of sp³-hybridized carbons (Fsp3) is 0. The molecule has 0 fully saturated rings. The van der Waals surface area contributed by atoms with Gasteiger partial charge in [0.2, 0.25) is 5.65 Å². The molecule has 0 unspecified atom stereocenters. The Kier molecular flexibility index (Phi) is 2.42. The first kappa shape index (κ1) is 8.30. The van der Waals surface area contributed by atoms with Crippen LogP contribution < -0.4 is 0 Å². The Morgan fingerprint density at radius 3 is 2.64 bits per heavy atom. The Hall–Kier alpha value is -2.31. The minimum Gasteiger partial charge on any atom is -0.139 e. The molecule has 68 valence electrons. The van der Waals surface area contributed by atoms with E-state index in [-0.39, 0.29) is 0 Å². The van der Waals surface area contributed by atoms with Crippen molar-refractivity contribution in [3.63, 3.8) is 0 Å². The first-order valence-corrected chi connectivity index (χ1v) is 3.80. The summed E-state index contributed by atoms with van der Waals surface area (Å²) in [5.74, 6) is 0. The van der Waals surface area contributed by atoms with Gasteiger partial charge in [-0.05, 0) is 27.8 Å². The number of aromatic nitrogens is 7. The van der Waals surface area contributed by atoms with Crippen LogP contribution in [-0.2, 0) is 0 Å². The maximum Gasteiger partial charge on any atom is 0.227 e. The molecule has 2 rings (SSSR count). The van der Waals surface area contributed by atoms with Gasteiger partial charge in [0.1, 0.15) is 5.52 Å². The van der Waals surface area contributed by atoms with Crippen LogP contribution in [0.2, 0.25) is 0 Å². The summed E-state index contributed by atoms with van der Waals surface area (Å²) in [4.78, 5) is 0. The van der Waals surface area contributed by atoms with Gasteiger partial charge in [-0.1, -0.05) is 12.1 Å². The van der Waals surface area contributed by atoms with E-state index in [1.54, 1.807) is 24.3 Å². The van der Waals surface area contributed by atoms with Crippen molar-refractivity contribution in [1.82, 2.24) is 36.0 Å². The van der Waals surface area contributed by atoms with Crippen molar-refractivity contribution in [2.24, 2.45) is 0 Å². The molecule has 0 atom stereocenters.